The molecule has 0 saturated carbocycles. The van der Waals surface area contributed by atoms with Gasteiger partial charge in [0.1, 0.15) is 0 Å². The van der Waals surface area contributed by atoms with E-state index in [1.165, 1.54) is 5.56 Å². The van der Waals surface area contributed by atoms with Crippen LogP contribution in [0.3, 0.4) is 0 Å². The minimum atomic E-state index is -0.752. The Bertz CT molecular complexity index is 436. The van der Waals surface area contributed by atoms with E-state index in [-0.39, 0.29) is 6.42 Å². The maximum absolute atomic E-state index is 10.6. The number of nitrogens with zero attached hydrogens (tertiary/aromatic N) is 1. The van der Waals surface area contributed by atoms with Crippen LogP contribution in [0.2, 0.25) is 6.82 Å². The first kappa shape index (κ1) is 13.0. The second-order valence-electron chi connectivity index (χ2n) is 4.92. The average Bonchev–Trinajstić information content (AvgIpc) is 2.35. The Morgan fingerprint density at radius 1 is 1.50 bits per heavy atom. The summed E-state index contributed by atoms with van der Waals surface area (Å²) >= 11 is 0. The second kappa shape index (κ2) is 5.44. The Morgan fingerprint density at radius 2 is 2.22 bits per heavy atom. The molecule has 1 atom stereocenters. The maximum Gasteiger partial charge on any atom is 0.409 e. The Hall–Kier alpha value is -1.49. The van der Waals surface area contributed by atoms with E-state index in [1.807, 2.05) is 23.0 Å². The number of hydrogen-bond donors (Lipinski definition) is 2. The van der Waals surface area contributed by atoms with Gasteiger partial charge in [-0.25, -0.2) is 0 Å². The highest BCUT2D eigenvalue weighted by Crippen LogP contribution is 2.31. The third kappa shape index (κ3) is 2.85. The molecule has 18 heavy (non-hydrogen) atoms. The van der Waals surface area contributed by atoms with Gasteiger partial charge in [-0.1, -0.05) is 18.2 Å². The lowest BCUT2D eigenvalue weighted by Gasteiger charge is -2.37. The largest absolute Gasteiger partial charge is 0.481 e. The van der Waals surface area contributed by atoms with Crippen molar-refractivity contribution in [3.05, 3.63) is 29.8 Å². The minimum absolute atomic E-state index is 0.195. The van der Waals surface area contributed by atoms with Crippen LogP contribution in [-0.2, 0) is 11.2 Å². The summed E-state index contributed by atoms with van der Waals surface area (Å²) in [6.07, 6.45) is 1.75. The van der Waals surface area contributed by atoms with Gasteiger partial charge in [0.2, 0.25) is 0 Å². The van der Waals surface area contributed by atoms with Crippen molar-refractivity contribution in [2.45, 2.75) is 26.1 Å². The van der Waals surface area contributed by atoms with E-state index < -0.39 is 13.0 Å². The number of fused-ring (bicyclic) bond motifs is 1. The van der Waals surface area contributed by atoms with E-state index in [0.717, 1.165) is 18.7 Å². The first-order valence-electron chi connectivity index (χ1n) is 6.32. The van der Waals surface area contributed by atoms with Crippen molar-refractivity contribution in [3.63, 3.8) is 0 Å². The molecule has 1 unspecified atom stereocenters. The summed E-state index contributed by atoms with van der Waals surface area (Å²) in [7, 11) is -0.543. The molecule has 0 amide bonds. The van der Waals surface area contributed by atoms with Crippen molar-refractivity contribution in [2.75, 3.05) is 11.4 Å². The van der Waals surface area contributed by atoms with Crippen LogP contribution in [0.5, 0.6) is 0 Å². The van der Waals surface area contributed by atoms with Crippen molar-refractivity contribution in [2.24, 2.45) is 5.92 Å². The minimum Gasteiger partial charge on any atom is -0.481 e. The number of aliphatic carboxylic acids is 1. The zero-order valence-corrected chi connectivity index (χ0v) is 10.5. The van der Waals surface area contributed by atoms with Crippen LogP contribution in [0.1, 0.15) is 18.4 Å². The summed E-state index contributed by atoms with van der Waals surface area (Å²) in [5.74, 6) is -0.456. The molecule has 1 aromatic rings. The Balaban J connectivity index is 2.15. The number of rotatable bonds is 4. The summed E-state index contributed by atoms with van der Waals surface area (Å²) in [4.78, 5) is 12.6. The molecule has 0 fully saturated rings. The molecule has 2 N–H and O–H groups in total. The Labute approximate surface area is 107 Å². The number of benzene rings is 1. The number of carboxylic acid groups (broad SMARTS) is 1. The zero-order chi connectivity index (χ0) is 13.1. The highest BCUT2D eigenvalue weighted by atomic mass is 16.4. The van der Waals surface area contributed by atoms with E-state index in [9.17, 15) is 9.82 Å². The normalized spacial score (nSPS) is 18.3. The predicted molar refractivity (Wildman–Crippen MR) is 71.7 cm³/mol. The molecular formula is C13H18BNO3. The Morgan fingerprint density at radius 3 is 2.89 bits per heavy atom. The standard InChI is InChI=1S/C13H18BNO3/c1-14(18)15-9-10(6-7-13(16)17)8-11-4-2-3-5-12(11)15/h2-5,10,18H,6-9H2,1H3,(H,16,17). The SMILES string of the molecule is CB(O)N1CC(CCC(=O)O)Cc2ccccc21. The summed E-state index contributed by atoms with van der Waals surface area (Å²) < 4.78 is 0. The van der Waals surface area contributed by atoms with E-state index >= 15 is 0 Å². The molecule has 2 rings (SSSR count). The van der Waals surface area contributed by atoms with Crippen molar-refractivity contribution >= 4 is 18.7 Å². The zero-order valence-electron chi connectivity index (χ0n) is 10.5. The van der Waals surface area contributed by atoms with E-state index in [1.54, 1.807) is 6.82 Å². The fourth-order valence-electron chi connectivity index (χ4n) is 2.59. The van der Waals surface area contributed by atoms with Crippen LogP contribution in [0, 0.1) is 5.92 Å². The van der Waals surface area contributed by atoms with Gasteiger partial charge < -0.3 is 14.9 Å². The summed E-state index contributed by atoms with van der Waals surface area (Å²) in [5, 5.41) is 18.6. The highest BCUT2D eigenvalue weighted by molar-refractivity contribution is 6.53. The lowest BCUT2D eigenvalue weighted by Crippen LogP contribution is -2.44. The molecule has 0 bridgehead atoms. The Kier molecular flexibility index (Phi) is 3.92. The summed E-state index contributed by atoms with van der Waals surface area (Å²) in [6, 6.07) is 8.01. The molecule has 5 heteroatoms. The second-order valence-corrected chi connectivity index (χ2v) is 4.92. The third-order valence-corrected chi connectivity index (χ3v) is 3.48. The molecular weight excluding hydrogens is 229 g/mol. The summed E-state index contributed by atoms with van der Waals surface area (Å²) in [6.45, 7) is 2.47. The summed E-state index contributed by atoms with van der Waals surface area (Å²) in [5.41, 5.74) is 2.26. The van der Waals surface area contributed by atoms with Gasteiger partial charge in [-0.2, -0.15) is 0 Å². The van der Waals surface area contributed by atoms with Gasteiger partial charge in [0, 0.05) is 18.7 Å². The van der Waals surface area contributed by atoms with Gasteiger partial charge in [0.15, 0.2) is 0 Å². The first-order valence-corrected chi connectivity index (χ1v) is 6.32. The van der Waals surface area contributed by atoms with Gasteiger partial charge in [-0.05, 0) is 37.2 Å². The molecule has 1 aromatic carbocycles. The number of hydrogen-bond acceptors (Lipinski definition) is 3. The fraction of sp³-hybridized carbons (Fsp3) is 0.462. The van der Waals surface area contributed by atoms with Crippen molar-refractivity contribution < 1.29 is 14.9 Å². The number of anilines is 1. The van der Waals surface area contributed by atoms with Crippen LogP contribution in [-0.4, -0.2) is 29.7 Å². The van der Waals surface area contributed by atoms with Gasteiger partial charge in [0.05, 0.1) is 0 Å². The molecule has 1 heterocycles. The molecule has 4 nitrogen and oxygen atoms in total. The van der Waals surface area contributed by atoms with Gasteiger partial charge in [-0.15, -0.1) is 0 Å². The van der Waals surface area contributed by atoms with Crippen LogP contribution < -0.4 is 4.81 Å². The number of carbonyl (C=O) groups is 1. The fourth-order valence-corrected chi connectivity index (χ4v) is 2.59. The smallest absolute Gasteiger partial charge is 0.409 e. The monoisotopic (exact) mass is 247 g/mol. The van der Waals surface area contributed by atoms with E-state index in [2.05, 4.69) is 6.07 Å². The molecule has 0 spiro atoms. The average molecular weight is 247 g/mol. The van der Waals surface area contributed by atoms with E-state index in [4.69, 9.17) is 5.11 Å². The third-order valence-electron chi connectivity index (χ3n) is 3.48. The number of carboxylic acids is 1. The van der Waals surface area contributed by atoms with Crippen molar-refractivity contribution in [3.8, 4) is 0 Å². The van der Waals surface area contributed by atoms with Crippen molar-refractivity contribution in [1.82, 2.24) is 0 Å². The predicted octanol–water partition coefficient (Wildman–Crippen LogP) is 1.64. The van der Waals surface area contributed by atoms with Crippen LogP contribution in [0.15, 0.2) is 24.3 Å². The molecule has 1 aliphatic rings. The first-order chi connectivity index (χ1) is 8.58. The van der Waals surface area contributed by atoms with Crippen LogP contribution in [0.25, 0.3) is 0 Å². The quantitative estimate of drug-likeness (QED) is 0.794. The number of para-hydroxylation sites is 1. The van der Waals surface area contributed by atoms with E-state index in [0.29, 0.717) is 12.3 Å². The van der Waals surface area contributed by atoms with Crippen LogP contribution in [0.4, 0.5) is 5.69 Å². The van der Waals surface area contributed by atoms with Crippen LogP contribution >= 0.6 is 0 Å². The van der Waals surface area contributed by atoms with Gasteiger partial charge >= 0.3 is 13.0 Å². The lowest BCUT2D eigenvalue weighted by atomic mass is 9.78. The molecule has 96 valence electrons. The lowest BCUT2D eigenvalue weighted by molar-refractivity contribution is -0.137. The molecule has 0 saturated heterocycles. The highest BCUT2D eigenvalue weighted by Gasteiger charge is 2.28. The topological polar surface area (TPSA) is 60.8 Å². The molecule has 0 aromatic heterocycles. The van der Waals surface area contributed by atoms with Crippen molar-refractivity contribution in [1.29, 1.82) is 0 Å². The molecule has 1 aliphatic heterocycles. The maximum atomic E-state index is 10.6. The van der Waals surface area contributed by atoms with Gasteiger partial charge in [-0.3, -0.25) is 4.79 Å². The molecule has 0 radical (unpaired) electrons. The van der Waals surface area contributed by atoms with Gasteiger partial charge in [0.25, 0.3) is 0 Å². The molecule has 0 aliphatic carbocycles.